The number of halogens is 1. The Labute approximate surface area is 130 Å². The number of carbonyl (C=O) groups excluding carboxylic acids is 1. The van der Waals surface area contributed by atoms with E-state index in [2.05, 4.69) is 11.0 Å². The minimum atomic E-state index is -0.0507. The number of hydrogen-bond donors (Lipinski definition) is 0. The zero-order valence-corrected chi connectivity index (χ0v) is 13.2. The van der Waals surface area contributed by atoms with Gasteiger partial charge in [0, 0.05) is 26.2 Å². The first-order chi connectivity index (χ1) is 10.1. The van der Waals surface area contributed by atoms with Crippen LogP contribution in [0.25, 0.3) is 0 Å². The molecule has 5 heteroatoms. The number of hydrogen-bond acceptors (Lipinski definition) is 3. The molecule has 1 aromatic rings. The standard InChI is InChI=1S/C16H20ClN3O/c1-3-13(11-18)19-6-8-20(9-7-19)16(21)14-5-4-12(2)10-15(14)17/h4-5,10,13H,3,6-9H2,1-2H3. The molecule has 0 spiro atoms. The molecule has 0 bridgehead atoms. The molecule has 21 heavy (non-hydrogen) atoms. The van der Waals surface area contributed by atoms with Crippen LogP contribution < -0.4 is 0 Å². The molecular formula is C16H20ClN3O. The highest BCUT2D eigenvalue weighted by molar-refractivity contribution is 6.33. The van der Waals surface area contributed by atoms with Gasteiger partial charge in [-0.15, -0.1) is 0 Å². The first kappa shape index (κ1) is 15.8. The molecule has 0 aromatic heterocycles. The largest absolute Gasteiger partial charge is 0.336 e. The smallest absolute Gasteiger partial charge is 0.255 e. The molecule has 0 saturated carbocycles. The van der Waals surface area contributed by atoms with Gasteiger partial charge in [-0.2, -0.15) is 5.26 Å². The lowest BCUT2D eigenvalue weighted by atomic mass is 10.1. The molecule has 2 rings (SSSR count). The topological polar surface area (TPSA) is 47.3 Å². The van der Waals surface area contributed by atoms with Crippen molar-refractivity contribution in [1.82, 2.24) is 9.80 Å². The van der Waals surface area contributed by atoms with Crippen LogP contribution in [0.5, 0.6) is 0 Å². The van der Waals surface area contributed by atoms with Crippen molar-refractivity contribution in [3.8, 4) is 6.07 Å². The van der Waals surface area contributed by atoms with Gasteiger partial charge in [-0.05, 0) is 31.0 Å². The molecule has 1 fully saturated rings. The Bertz CT molecular complexity index is 559. The van der Waals surface area contributed by atoms with E-state index in [1.807, 2.05) is 30.9 Å². The molecule has 1 aliphatic heterocycles. The summed E-state index contributed by atoms with van der Waals surface area (Å²) in [6.45, 7) is 6.72. The zero-order chi connectivity index (χ0) is 15.4. The SMILES string of the molecule is CCC(C#N)N1CCN(C(=O)c2ccc(C)cc2Cl)CC1. The lowest BCUT2D eigenvalue weighted by molar-refractivity contribution is 0.0604. The average molecular weight is 306 g/mol. The lowest BCUT2D eigenvalue weighted by Crippen LogP contribution is -2.51. The van der Waals surface area contributed by atoms with E-state index in [9.17, 15) is 4.79 Å². The summed E-state index contributed by atoms with van der Waals surface area (Å²) >= 11 is 6.17. The molecule has 0 N–H and O–H groups in total. The molecule has 1 heterocycles. The van der Waals surface area contributed by atoms with E-state index in [1.165, 1.54) is 0 Å². The Hall–Kier alpha value is -1.57. The maximum absolute atomic E-state index is 12.5. The van der Waals surface area contributed by atoms with Gasteiger partial charge in [0.25, 0.3) is 5.91 Å². The molecule has 1 aromatic carbocycles. The molecule has 0 radical (unpaired) electrons. The van der Waals surface area contributed by atoms with Crippen LogP contribution in [-0.4, -0.2) is 47.9 Å². The van der Waals surface area contributed by atoms with Crippen LogP contribution in [-0.2, 0) is 0 Å². The van der Waals surface area contributed by atoms with E-state index in [0.717, 1.165) is 25.1 Å². The van der Waals surface area contributed by atoms with Crippen molar-refractivity contribution in [2.75, 3.05) is 26.2 Å². The minimum Gasteiger partial charge on any atom is -0.336 e. The van der Waals surface area contributed by atoms with Gasteiger partial charge < -0.3 is 4.90 Å². The van der Waals surface area contributed by atoms with E-state index in [-0.39, 0.29) is 11.9 Å². The van der Waals surface area contributed by atoms with Gasteiger partial charge in [-0.1, -0.05) is 24.6 Å². The summed E-state index contributed by atoms with van der Waals surface area (Å²) in [6.07, 6.45) is 0.814. The Morgan fingerprint density at radius 2 is 2.05 bits per heavy atom. The summed E-state index contributed by atoms with van der Waals surface area (Å²) in [4.78, 5) is 16.5. The number of nitrogens with zero attached hydrogens (tertiary/aromatic N) is 3. The Morgan fingerprint density at radius 1 is 1.38 bits per heavy atom. The van der Waals surface area contributed by atoms with Gasteiger partial charge in [0.05, 0.1) is 22.7 Å². The maximum atomic E-state index is 12.5. The van der Waals surface area contributed by atoms with Gasteiger partial charge >= 0.3 is 0 Å². The zero-order valence-electron chi connectivity index (χ0n) is 12.5. The van der Waals surface area contributed by atoms with Gasteiger partial charge in [0.15, 0.2) is 0 Å². The van der Waals surface area contributed by atoms with Crippen molar-refractivity contribution in [3.05, 3.63) is 34.3 Å². The molecule has 112 valence electrons. The third-order valence-corrected chi connectivity index (χ3v) is 4.25. The van der Waals surface area contributed by atoms with Crippen LogP contribution in [0.15, 0.2) is 18.2 Å². The predicted octanol–water partition coefficient (Wildman–Crippen LogP) is 2.71. The summed E-state index contributed by atoms with van der Waals surface area (Å²) < 4.78 is 0. The molecule has 1 aliphatic rings. The monoisotopic (exact) mass is 305 g/mol. The van der Waals surface area contributed by atoms with Crippen molar-refractivity contribution in [1.29, 1.82) is 5.26 Å². The second-order valence-electron chi connectivity index (χ2n) is 5.36. The van der Waals surface area contributed by atoms with Crippen molar-refractivity contribution >= 4 is 17.5 Å². The minimum absolute atomic E-state index is 0.0235. The number of benzene rings is 1. The van der Waals surface area contributed by atoms with E-state index in [1.54, 1.807) is 6.07 Å². The highest BCUT2D eigenvalue weighted by atomic mass is 35.5. The summed E-state index contributed by atoms with van der Waals surface area (Å²) in [5, 5.41) is 9.61. The number of piperazine rings is 1. The van der Waals surface area contributed by atoms with Crippen LogP contribution in [0.4, 0.5) is 0 Å². The highest BCUT2D eigenvalue weighted by Gasteiger charge is 2.26. The van der Waals surface area contributed by atoms with E-state index in [4.69, 9.17) is 16.9 Å². The number of carbonyl (C=O) groups is 1. The molecule has 1 amide bonds. The summed E-state index contributed by atoms with van der Waals surface area (Å²) in [6, 6.07) is 7.77. The van der Waals surface area contributed by atoms with Crippen molar-refractivity contribution in [2.24, 2.45) is 0 Å². The van der Waals surface area contributed by atoms with E-state index >= 15 is 0 Å². The van der Waals surface area contributed by atoms with E-state index < -0.39 is 0 Å². The van der Waals surface area contributed by atoms with Crippen LogP contribution in [0, 0.1) is 18.3 Å². The van der Waals surface area contributed by atoms with Crippen LogP contribution in [0.1, 0.15) is 29.3 Å². The first-order valence-electron chi connectivity index (χ1n) is 7.26. The highest BCUT2D eigenvalue weighted by Crippen LogP contribution is 2.20. The molecule has 0 aliphatic carbocycles. The summed E-state index contributed by atoms with van der Waals surface area (Å²) in [5.41, 5.74) is 1.60. The van der Waals surface area contributed by atoms with Crippen LogP contribution in [0.2, 0.25) is 5.02 Å². The summed E-state index contributed by atoms with van der Waals surface area (Å²) in [5.74, 6) is -0.0235. The average Bonchev–Trinajstić information content (AvgIpc) is 2.48. The quantitative estimate of drug-likeness (QED) is 0.862. The van der Waals surface area contributed by atoms with Gasteiger partial charge in [-0.3, -0.25) is 9.69 Å². The third-order valence-electron chi connectivity index (χ3n) is 3.93. The number of amides is 1. The molecule has 1 atom stereocenters. The van der Waals surface area contributed by atoms with E-state index in [0.29, 0.717) is 23.7 Å². The number of rotatable bonds is 3. The van der Waals surface area contributed by atoms with Gasteiger partial charge in [0.2, 0.25) is 0 Å². The Balaban J connectivity index is 2.02. The Kier molecular flexibility index (Phi) is 5.22. The molecule has 1 saturated heterocycles. The van der Waals surface area contributed by atoms with Gasteiger partial charge in [-0.25, -0.2) is 0 Å². The van der Waals surface area contributed by atoms with Gasteiger partial charge in [0.1, 0.15) is 0 Å². The van der Waals surface area contributed by atoms with Crippen LogP contribution >= 0.6 is 11.6 Å². The number of nitriles is 1. The lowest BCUT2D eigenvalue weighted by Gasteiger charge is -2.36. The second-order valence-corrected chi connectivity index (χ2v) is 5.77. The third kappa shape index (κ3) is 3.55. The second kappa shape index (κ2) is 6.93. The van der Waals surface area contributed by atoms with Crippen molar-refractivity contribution < 1.29 is 4.79 Å². The summed E-state index contributed by atoms with van der Waals surface area (Å²) in [7, 11) is 0. The Morgan fingerprint density at radius 3 is 2.57 bits per heavy atom. The van der Waals surface area contributed by atoms with Crippen molar-refractivity contribution in [2.45, 2.75) is 26.3 Å². The fourth-order valence-corrected chi connectivity index (χ4v) is 2.95. The molecule has 4 nitrogen and oxygen atoms in total. The molecule has 1 unspecified atom stereocenters. The normalized spacial score (nSPS) is 17.3. The fraction of sp³-hybridized carbons (Fsp3) is 0.500. The molecular weight excluding hydrogens is 286 g/mol. The fourth-order valence-electron chi connectivity index (χ4n) is 2.63. The first-order valence-corrected chi connectivity index (χ1v) is 7.63. The van der Waals surface area contributed by atoms with Crippen molar-refractivity contribution in [3.63, 3.8) is 0 Å². The number of aryl methyl sites for hydroxylation is 1. The van der Waals surface area contributed by atoms with Crippen LogP contribution in [0.3, 0.4) is 0 Å². The predicted molar refractivity (Wildman–Crippen MR) is 83.4 cm³/mol. The maximum Gasteiger partial charge on any atom is 0.255 e.